The van der Waals surface area contributed by atoms with Crippen LogP contribution in [0.2, 0.25) is 0 Å². The number of aliphatic carboxylic acids is 1. The molecule has 2 aliphatic rings. The van der Waals surface area contributed by atoms with Crippen LogP contribution in [-0.4, -0.2) is 75.5 Å². The van der Waals surface area contributed by atoms with E-state index in [1.54, 1.807) is 0 Å². The molecule has 1 aliphatic carbocycles. The number of amides is 1. The smallest absolute Gasteiger partial charge is 0.334 e. The highest BCUT2D eigenvalue weighted by Crippen LogP contribution is 2.26. The van der Waals surface area contributed by atoms with Gasteiger partial charge in [-0.05, 0) is 19.3 Å². The van der Waals surface area contributed by atoms with Crippen molar-refractivity contribution >= 4 is 11.9 Å². The first-order valence-corrected chi connectivity index (χ1v) is 10.8. The van der Waals surface area contributed by atoms with E-state index >= 15 is 0 Å². The van der Waals surface area contributed by atoms with Crippen LogP contribution in [0.3, 0.4) is 0 Å². The third kappa shape index (κ3) is 5.53. The zero-order chi connectivity index (χ0) is 22.4. The lowest BCUT2D eigenvalue weighted by molar-refractivity contribution is -0.135. The minimum Gasteiger partial charge on any atom is -0.494 e. The van der Waals surface area contributed by atoms with E-state index in [1.165, 1.54) is 0 Å². The van der Waals surface area contributed by atoms with Crippen LogP contribution in [0.5, 0.6) is 5.88 Å². The van der Waals surface area contributed by atoms with Crippen molar-refractivity contribution in [1.29, 1.82) is 0 Å². The number of carbonyl (C=O) groups is 2. The van der Waals surface area contributed by atoms with Crippen molar-refractivity contribution in [1.82, 2.24) is 19.4 Å². The highest BCUT2D eigenvalue weighted by molar-refractivity contribution is 5.97. The molecule has 11 heteroatoms. The molecule has 3 N–H and O–H groups in total. The Balaban J connectivity index is 1.92. The van der Waals surface area contributed by atoms with Crippen LogP contribution in [-0.2, 0) is 16.1 Å². The summed E-state index contributed by atoms with van der Waals surface area (Å²) < 4.78 is 7.45. The van der Waals surface area contributed by atoms with E-state index in [4.69, 9.17) is 9.84 Å². The molecule has 0 spiro atoms. The lowest BCUT2D eigenvalue weighted by Crippen LogP contribution is -2.47. The lowest BCUT2D eigenvalue weighted by Gasteiger charge is -2.27. The Morgan fingerprint density at radius 1 is 1.06 bits per heavy atom. The molecule has 1 saturated heterocycles. The van der Waals surface area contributed by atoms with Gasteiger partial charge < -0.3 is 20.3 Å². The molecule has 0 unspecified atom stereocenters. The number of aromatic nitrogens is 2. The molecule has 172 valence electrons. The molecule has 0 atom stereocenters. The molecule has 1 amide bonds. The quantitative estimate of drug-likeness (QED) is 0.505. The van der Waals surface area contributed by atoms with Gasteiger partial charge in [-0.1, -0.05) is 19.3 Å². The molecule has 1 saturated carbocycles. The minimum atomic E-state index is -1.28. The third-order valence-electron chi connectivity index (χ3n) is 5.88. The Morgan fingerprint density at radius 2 is 1.74 bits per heavy atom. The number of carboxylic acids is 1. The van der Waals surface area contributed by atoms with Gasteiger partial charge in [0.1, 0.15) is 6.54 Å². The maximum Gasteiger partial charge on any atom is 0.334 e. The molecule has 31 heavy (non-hydrogen) atoms. The predicted molar refractivity (Wildman–Crippen MR) is 111 cm³/mol. The molecule has 0 radical (unpaired) electrons. The average molecular weight is 438 g/mol. The summed E-state index contributed by atoms with van der Waals surface area (Å²) in [6.07, 6.45) is 4.58. The van der Waals surface area contributed by atoms with E-state index in [9.17, 15) is 24.3 Å². The first-order valence-electron chi connectivity index (χ1n) is 10.8. The van der Waals surface area contributed by atoms with Crippen molar-refractivity contribution in [2.75, 3.05) is 39.4 Å². The first kappa shape index (κ1) is 23.0. The summed E-state index contributed by atoms with van der Waals surface area (Å²) in [7, 11) is 0. The number of carbonyl (C=O) groups excluding carboxylic acids is 1. The second-order valence-corrected chi connectivity index (χ2v) is 7.98. The highest BCUT2D eigenvalue weighted by Gasteiger charge is 2.28. The van der Waals surface area contributed by atoms with Crippen molar-refractivity contribution in [3.05, 3.63) is 26.4 Å². The normalized spacial score (nSPS) is 18.1. The topological polar surface area (TPSA) is 143 Å². The summed E-state index contributed by atoms with van der Waals surface area (Å²) in [5.74, 6) is -3.00. The maximum atomic E-state index is 13.1. The van der Waals surface area contributed by atoms with Crippen LogP contribution in [0, 0.1) is 0 Å². The molecule has 2 heterocycles. The van der Waals surface area contributed by atoms with Gasteiger partial charge in [-0.25, -0.2) is 4.79 Å². The fourth-order valence-electron chi connectivity index (χ4n) is 4.24. The van der Waals surface area contributed by atoms with E-state index in [-0.39, 0.29) is 12.6 Å². The molecule has 0 aromatic carbocycles. The zero-order valence-electron chi connectivity index (χ0n) is 17.5. The maximum absolute atomic E-state index is 13.1. The fraction of sp³-hybridized carbons (Fsp3) is 0.700. The number of nitrogens with zero attached hydrogens (tertiary/aromatic N) is 3. The van der Waals surface area contributed by atoms with Crippen molar-refractivity contribution in [2.24, 2.45) is 0 Å². The number of rotatable bonds is 8. The van der Waals surface area contributed by atoms with Gasteiger partial charge in [0.25, 0.3) is 11.5 Å². The summed E-state index contributed by atoms with van der Waals surface area (Å²) in [4.78, 5) is 51.7. The summed E-state index contributed by atoms with van der Waals surface area (Å²) >= 11 is 0. The van der Waals surface area contributed by atoms with E-state index in [0.717, 1.165) is 41.5 Å². The Morgan fingerprint density at radius 3 is 2.39 bits per heavy atom. The molecule has 2 fully saturated rings. The van der Waals surface area contributed by atoms with Gasteiger partial charge in [-0.2, -0.15) is 0 Å². The third-order valence-corrected chi connectivity index (χ3v) is 5.88. The largest absolute Gasteiger partial charge is 0.494 e. The highest BCUT2D eigenvalue weighted by atomic mass is 16.5. The standard InChI is InChI=1S/C20H30N4O7/c25-15(26)13-21-17(27)16-18(28)23(8-4-7-22-9-11-31-12-10-22)20(30)24(19(16)29)14-5-2-1-3-6-14/h14,28H,1-13H2,(H,21,27)(H,25,26). The van der Waals surface area contributed by atoms with Crippen LogP contribution >= 0.6 is 0 Å². The van der Waals surface area contributed by atoms with Gasteiger partial charge in [0, 0.05) is 32.2 Å². The zero-order valence-corrected chi connectivity index (χ0v) is 17.5. The summed E-state index contributed by atoms with van der Waals surface area (Å²) in [6, 6.07) is -0.342. The first-order chi connectivity index (χ1) is 14.9. The Labute approximate surface area is 179 Å². The predicted octanol–water partition coefficient (Wildman–Crippen LogP) is -0.242. The Bertz CT molecular complexity index is 911. The van der Waals surface area contributed by atoms with Gasteiger partial charge in [-0.3, -0.25) is 28.4 Å². The van der Waals surface area contributed by atoms with Crippen LogP contribution in [0.25, 0.3) is 0 Å². The van der Waals surface area contributed by atoms with Crippen LogP contribution in [0.4, 0.5) is 0 Å². The molecule has 0 bridgehead atoms. The van der Waals surface area contributed by atoms with E-state index in [2.05, 4.69) is 10.2 Å². The number of morpholine rings is 1. The number of hydrogen-bond acceptors (Lipinski definition) is 7. The van der Waals surface area contributed by atoms with Crippen molar-refractivity contribution < 1.29 is 24.5 Å². The lowest BCUT2D eigenvalue weighted by atomic mass is 9.95. The van der Waals surface area contributed by atoms with E-state index < -0.39 is 41.1 Å². The van der Waals surface area contributed by atoms with Gasteiger partial charge in [0.05, 0.1) is 13.2 Å². The number of ether oxygens (including phenoxy) is 1. The Kier molecular flexibility index (Phi) is 7.85. The minimum absolute atomic E-state index is 0.133. The van der Waals surface area contributed by atoms with Crippen molar-refractivity contribution in [3.63, 3.8) is 0 Å². The molecular weight excluding hydrogens is 408 g/mol. The number of nitrogens with one attached hydrogen (secondary N) is 1. The molecule has 11 nitrogen and oxygen atoms in total. The van der Waals surface area contributed by atoms with Crippen molar-refractivity contribution in [2.45, 2.75) is 51.1 Å². The van der Waals surface area contributed by atoms with Gasteiger partial charge in [-0.15, -0.1) is 0 Å². The number of aromatic hydroxyl groups is 1. The number of carboxylic acid groups (broad SMARTS) is 1. The summed E-state index contributed by atoms with van der Waals surface area (Å²) in [6.45, 7) is 2.97. The SMILES string of the molecule is O=C(O)CNC(=O)c1c(O)n(CCCN2CCOCC2)c(=O)n(C2CCCCC2)c1=O. The Hall–Kier alpha value is -2.66. The summed E-state index contributed by atoms with van der Waals surface area (Å²) in [5.41, 5.74) is -2.09. The van der Waals surface area contributed by atoms with Gasteiger partial charge >= 0.3 is 11.7 Å². The van der Waals surface area contributed by atoms with Gasteiger partial charge in [0.15, 0.2) is 5.56 Å². The van der Waals surface area contributed by atoms with Gasteiger partial charge in [0.2, 0.25) is 5.88 Å². The van der Waals surface area contributed by atoms with Crippen LogP contribution in [0.15, 0.2) is 9.59 Å². The summed E-state index contributed by atoms with van der Waals surface area (Å²) in [5, 5.41) is 21.6. The fourth-order valence-corrected chi connectivity index (χ4v) is 4.24. The molecular formula is C20H30N4O7. The van der Waals surface area contributed by atoms with Crippen LogP contribution < -0.4 is 16.6 Å². The molecule has 3 rings (SSSR count). The van der Waals surface area contributed by atoms with Crippen molar-refractivity contribution in [3.8, 4) is 5.88 Å². The monoisotopic (exact) mass is 438 g/mol. The molecule has 1 aromatic heterocycles. The van der Waals surface area contributed by atoms with E-state index in [1.807, 2.05) is 0 Å². The second-order valence-electron chi connectivity index (χ2n) is 7.98. The molecule has 1 aliphatic heterocycles. The average Bonchev–Trinajstić information content (AvgIpc) is 2.76. The second kappa shape index (κ2) is 10.6. The number of hydrogen-bond donors (Lipinski definition) is 3. The van der Waals surface area contributed by atoms with Crippen LogP contribution in [0.1, 0.15) is 54.9 Å². The van der Waals surface area contributed by atoms with E-state index in [0.29, 0.717) is 39.0 Å². The molecule has 1 aromatic rings.